The highest BCUT2D eigenvalue weighted by atomic mass is 16.5. The molecule has 0 saturated heterocycles. The predicted molar refractivity (Wildman–Crippen MR) is 138 cm³/mol. The second-order valence-corrected chi connectivity index (χ2v) is 11.6. The summed E-state index contributed by atoms with van der Waals surface area (Å²) in [5.41, 5.74) is 1.55. The fraction of sp³-hybridized carbons (Fsp3) is 0.586. The van der Waals surface area contributed by atoms with Gasteiger partial charge in [0, 0.05) is 43.5 Å². The fourth-order valence-corrected chi connectivity index (χ4v) is 6.73. The lowest BCUT2D eigenvalue weighted by atomic mass is 9.57. The van der Waals surface area contributed by atoms with Gasteiger partial charge in [-0.3, -0.25) is 9.78 Å². The summed E-state index contributed by atoms with van der Waals surface area (Å²) in [6.45, 7) is 7.87. The number of aromatic nitrogens is 1. The van der Waals surface area contributed by atoms with Gasteiger partial charge >= 0.3 is 0 Å². The molecule has 0 bridgehead atoms. The van der Waals surface area contributed by atoms with Crippen molar-refractivity contribution in [3.8, 4) is 5.75 Å². The third-order valence-corrected chi connectivity index (χ3v) is 8.60. The van der Waals surface area contributed by atoms with Crippen LogP contribution in [0.4, 0.5) is 0 Å². The van der Waals surface area contributed by atoms with E-state index in [4.69, 9.17) is 4.74 Å². The first-order valence-electron chi connectivity index (χ1n) is 12.9. The highest BCUT2D eigenvalue weighted by Gasteiger charge is 2.61. The monoisotopic (exact) mass is 479 g/mol. The van der Waals surface area contributed by atoms with Gasteiger partial charge in [0.1, 0.15) is 5.75 Å². The molecule has 3 N–H and O–H groups in total. The zero-order chi connectivity index (χ0) is 25.1. The summed E-state index contributed by atoms with van der Waals surface area (Å²) in [6, 6.07) is 12.3. The highest BCUT2D eigenvalue weighted by molar-refractivity contribution is 5.75. The minimum Gasteiger partial charge on any atom is -0.496 e. The Morgan fingerprint density at radius 3 is 2.66 bits per heavy atom. The van der Waals surface area contributed by atoms with Gasteiger partial charge in [0.2, 0.25) is 5.91 Å². The Balaban J connectivity index is 1.50. The Morgan fingerprint density at radius 1 is 1.11 bits per heavy atom. The topological polar surface area (TPSA) is 83.5 Å². The molecule has 1 aromatic heterocycles. The van der Waals surface area contributed by atoms with Crippen LogP contribution in [-0.2, 0) is 17.9 Å². The first-order valence-corrected chi connectivity index (χ1v) is 12.9. The van der Waals surface area contributed by atoms with Crippen molar-refractivity contribution in [2.75, 3.05) is 7.11 Å². The zero-order valence-corrected chi connectivity index (χ0v) is 21.6. The first kappa shape index (κ1) is 25.6. The van der Waals surface area contributed by atoms with E-state index in [9.17, 15) is 9.90 Å². The number of hydrogen-bond donors (Lipinski definition) is 3. The molecule has 1 aromatic carbocycles. The number of amides is 1. The Morgan fingerprint density at radius 2 is 1.91 bits per heavy atom. The van der Waals surface area contributed by atoms with Crippen molar-refractivity contribution in [3.05, 3.63) is 59.9 Å². The number of aliphatic hydroxyl groups is 1. The average molecular weight is 480 g/mol. The summed E-state index contributed by atoms with van der Waals surface area (Å²) < 4.78 is 5.57. The molecule has 0 unspecified atom stereocenters. The lowest BCUT2D eigenvalue weighted by Gasteiger charge is -2.51. The van der Waals surface area contributed by atoms with E-state index in [0.717, 1.165) is 55.5 Å². The van der Waals surface area contributed by atoms with Crippen molar-refractivity contribution in [2.24, 2.45) is 16.7 Å². The van der Waals surface area contributed by atoms with Crippen LogP contribution in [0.25, 0.3) is 0 Å². The molecule has 0 spiro atoms. The fourth-order valence-electron chi connectivity index (χ4n) is 6.73. The molecular weight excluding hydrogens is 438 g/mol. The van der Waals surface area contributed by atoms with E-state index in [-0.39, 0.29) is 22.8 Å². The summed E-state index contributed by atoms with van der Waals surface area (Å²) >= 11 is 0. The van der Waals surface area contributed by atoms with Gasteiger partial charge in [0.25, 0.3) is 0 Å². The maximum atomic E-state index is 12.9. The Bertz CT molecular complexity index is 1010. The van der Waals surface area contributed by atoms with E-state index in [2.05, 4.69) is 35.5 Å². The Hall–Kier alpha value is -2.44. The van der Waals surface area contributed by atoms with E-state index in [0.29, 0.717) is 18.9 Å². The lowest BCUT2D eigenvalue weighted by molar-refractivity contribution is -0.123. The van der Waals surface area contributed by atoms with Crippen molar-refractivity contribution in [3.63, 3.8) is 0 Å². The standard InChI is InChI=1S/C29H41N3O3/c1-27(2)17-25(31-20-22-9-5-6-10-23(22)35-4)29(14-13-28(3,34)16-24(27)29)12-11-26(33)32-19-21-8-7-15-30-18-21/h5-10,15,18,24-25,31,34H,11-14,16-17,19-20H2,1-4H3,(H,32,33)/t24-,25-,28+,29+/m0/s1. The molecule has 2 aliphatic rings. The molecule has 1 heterocycles. The van der Waals surface area contributed by atoms with Crippen LogP contribution < -0.4 is 15.4 Å². The molecule has 2 saturated carbocycles. The second-order valence-electron chi connectivity index (χ2n) is 11.6. The number of nitrogens with zero attached hydrogens (tertiary/aromatic N) is 1. The van der Waals surface area contributed by atoms with Crippen LogP contribution in [0.1, 0.15) is 70.4 Å². The minimum absolute atomic E-state index is 0.0284. The summed E-state index contributed by atoms with van der Waals surface area (Å²) in [4.78, 5) is 17.0. The first-order chi connectivity index (χ1) is 16.7. The number of carbonyl (C=O) groups is 1. The summed E-state index contributed by atoms with van der Waals surface area (Å²) in [7, 11) is 1.71. The van der Waals surface area contributed by atoms with Crippen molar-refractivity contribution in [2.45, 2.75) is 84.0 Å². The number of carbonyl (C=O) groups excluding carboxylic acids is 1. The Labute approximate surface area is 209 Å². The number of benzene rings is 1. The van der Waals surface area contributed by atoms with Crippen molar-refractivity contribution in [1.82, 2.24) is 15.6 Å². The van der Waals surface area contributed by atoms with Crippen LogP contribution in [-0.4, -0.2) is 34.8 Å². The average Bonchev–Trinajstić information content (AvgIpc) is 3.06. The van der Waals surface area contributed by atoms with Crippen molar-refractivity contribution >= 4 is 5.91 Å². The molecule has 4 rings (SSSR count). The number of rotatable bonds is 9. The van der Waals surface area contributed by atoms with E-state index < -0.39 is 5.60 Å². The lowest BCUT2D eigenvalue weighted by Crippen LogP contribution is -2.51. The summed E-state index contributed by atoms with van der Waals surface area (Å²) in [5.74, 6) is 1.32. The second kappa shape index (κ2) is 10.3. The molecule has 6 heteroatoms. The Kier molecular flexibility index (Phi) is 7.53. The summed E-state index contributed by atoms with van der Waals surface area (Å²) in [5, 5.41) is 17.9. The van der Waals surface area contributed by atoms with Gasteiger partial charge in [-0.25, -0.2) is 0 Å². The van der Waals surface area contributed by atoms with Crippen LogP contribution in [0.15, 0.2) is 48.8 Å². The van der Waals surface area contributed by atoms with Gasteiger partial charge in [0.15, 0.2) is 0 Å². The van der Waals surface area contributed by atoms with Gasteiger partial charge in [-0.2, -0.15) is 0 Å². The molecule has 35 heavy (non-hydrogen) atoms. The number of fused-ring (bicyclic) bond motifs is 1. The molecule has 190 valence electrons. The van der Waals surface area contributed by atoms with Gasteiger partial charge < -0.3 is 20.5 Å². The molecule has 2 fully saturated rings. The number of ether oxygens (including phenoxy) is 1. The van der Waals surface area contributed by atoms with Gasteiger partial charge in [-0.1, -0.05) is 38.1 Å². The maximum absolute atomic E-state index is 12.9. The quantitative estimate of drug-likeness (QED) is 0.489. The van der Waals surface area contributed by atoms with E-state index in [1.807, 2.05) is 37.3 Å². The van der Waals surface area contributed by atoms with E-state index in [1.165, 1.54) is 0 Å². The minimum atomic E-state index is -0.647. The van der Waals surface area contributed by atoms with Crippen LogP contribution in [0.3, 0.4) is 0 Å². The molecule has 4 atom stereocenters. The van der Waals surface area contributed by atoms with Gasteiger partial charge in [-0.15, -0.1) is 0 Å². The van der Waals surface area contributed by atoms with Crippen molar-refractivity contribution < 1.29 is 14.6 Å². The molecule has 0 radical (unpaired) electrons. The van der Waals surface area contributed by atoms with E-state index in [1.54, 1.807) is 19.5 Å². The predicted octanol–water partition coefficient (Wildman–Crippen LogP) is 4.61. The number of methoxy groups -OCH3 is 1. The summed E-state index contributed by atoms with van der Waals surface area (Å²) in [6.07, 6.45) is 8.33. The van der Waals surface area contributed by atoms with Gasteiger partial charge in [0.05, 0.1) is 12.7 Å². The zero-order valence-electron chi connectivity index (χ0n) is 21.6. The van der Waals surface area contributed by atoms with E-state index >= 15 is 0 Å². The normalized spacial score (nSPS) is 29.4. The van der Waals surface area contributed by atoms with Crippen LogP contribution >= 0.6 is 0 Å². The molecule has 1 amide bonds. The highest BCUT2D eigenvalue weighted by Crippen LogP contribution is 2.63. The smallest absolute Gasteiger partial charge is 0.220 e. The number of nitrogens with one attached hydrogen (secondary N) is 2. The maximum Gasteiger partial charge on any atom is 0.220 e. The number of hydrogen-bond acceptors (Lipinski definition) is 5. The molecular formula is C29H41N3O3. The molecule has 2 aliphatic carbocycles. The molecule has 6 nitrogen and oxygen atoms in total. The van der Waals surface area contributed by atoms with Crippen LogP contribution in [0, 0.1) is 16.7 Å². The number of pyridine rings is 1. The third kappa shape index (κ3) is 5.70. The van der Waals surface area contributed by atoms with Crippen LogP contribution in [0.5, 0.6) is 5.75 Å². The molecule has 2 aromatic rings. The largest absolute Gasteiger partial charge is 0.496 e. The van der Waals surface area contributed by atoms with Crippen LogP contribution in [0.2, 0.25) is 0 Å². The van der Waals surface area contributed by atoms with Crippen molar-refractivity contribution in [1.29, 1.82) is 0 Å². The molecule has 0 aliphatic heterocycles. The SMILES string of the molecule is COc1ccccc1CN[C@H]1CC(C)(C)[C@@H]2C[C@](C)(O)CC[C@@]12CCC(=O)NCc1cccnc1. The third-order valence-electron chi connectivity index (χ3n) is 8.60. The van der Waals surface area contributed by atoms with Gasteiger partial charge in [-0.05, 0) is 73.5 Å². The number of para-hydroxylation sites is 1.